The molecule has 0 unspecified atom stereocenters. The molecule has 0 aliphatic carbocycles. The van der Waals surface area contributed by atoms with Gasteiger partial charge in [-0.2, -0.15) is 5.10 Å². The van der Waals surface area contributed by atoms with Gasteiger partial charge in [-0.05, 0) is 52.3 Å². The van der Waals surface area contributed by atoms with Gasteiger partial charge in [-0.1, -0.05) is 22.0 Å². The van der Waals surface area contributed by atoms with Gasteiger partial charge < -0.3 is 14.2 Å². The number of hydrogen-bond acceptors (Lipinski definition) is 6. The van der Waals surface area contributed by atoms with Crippen molar-refractivity contribution >= 4 is 37.6 Å². The molecule has 0 saturated carbocycles. The lowest BCUT2D eigenvalue weighted by Gasteiger charge is -2.38. The Bertz CT molecular complexity index is 1170. The van der Waals surface area contributed by atoms with Gasteiger partial charge in [0.15, 0.2) is 11.5 Å². The molecular weight excluding hydrogens is 526 g/mol. The average Bonchev–Trinajstić information content (AvgIpc) is 3.24. The smallest absolute Gasteiger partial charge is 0.215 e. The van der Waals surface area contributed by atoms with Gasteiger partial charge in [-0.3, -0.25) is 4.98 Å². The van der Waals surface area contributed by atoms with Crippen molar-refractivity contribution in [3.8, 4) is 17.2 Å². The molecule has 31 heavy (non-hydrogen) atoms. The van der Waals surface area contributed by atoms with Crippen LogP contribution >= 0.6 is 31.9 Å². The van der Waals surface area contributed by atoms with Gasteiger partial charge in [-0.25, -0.2) is 5.01 Å². The van der Waals surface area contributed by atoms with E-state index in [-0.39, 0.29) is 12.3 Å². The average molecular weight is 545 g/mol. The molecule has 0 saturated heterocycles. The third-order valence-corrected chi connectivity index (χ3v) is 6.54. The second kappa shape index (κ2) is 8.16. The maximum Gasteiger partial charge on any atom is 0.215 e. The first-order valence-electron chi connectivity index (χ1n) is 9.72. The summed E-state index contributed by atoms with van der Waals surface area (Å²) in [5, 5.41) is 7.03. The zero-order valence-electron chi connectivity index (χ0n) is 16.9. The Labute approximate surface area is 197 Å². The highest BCUT2D eigenvalue weighted by Gasteiger charge is 2.42. The summed E-state index contributed by atoms with van der Waals surface area (Å²) in [6.07, 6.45) is 3.95. The molecule has 2 atom stereocenters. The van der Waals surface area contributed by atoms with Crippen LogP contribution in [0.25, 0.3) is 0 Å². The summed E-state index contributed by atoms with van der Waals surface area (Å²) >= 11 is 7.28. The predicted octanol–water partition coefficient (Wildman–Crippen LogP) is 5.87. The van der Waals surface area contributed by atoms with Gasteiger partial charge in [0.05, 0.1) is 30.4 Å². The minimum Gasteiger partial charge on any atom is -0.493 e. The number of pyridine rings is 1. The molecular formula is C23H19Br2N3O3. The normalized spacial score (nSPS) is 19.2. The van der Waals surface area contributed by atoms with Crippen molar-refractivity contribution < 1.29 is 14.2 Å². The molecule has 3 aromatic rings. The Kier molecular flexibility index (Phi) is 5.35. The van der Waals surface area contributed by atoms with Crippen LogP contribution in [-0.4, -0.2) is 29.9 Å². The second-order valence-electron chi connectivity index (χ2n) is 7.28. The number of halogens is 2. The number of benzene rings is 2. The summed E-state index contributed by atoms with van der Waals surface area (Å²) in [5.41, 5.74) is 3.99. The van der Waals surface area contributed by atoms with E-state index in [1.165, 1.54) is 0 Å². The van der Waals surface area contributed by atoms with Crippen LogP contribution in [0.4, 0.5) is 0 Å². The molecule has 6 nitrogen and oxygen atoms in total. The molecule has 0 radical (unpaired) electrons. The fraction of sp³-hybridized carbons (Fsp3) is 0.217. The molecule has 2 aliphatic heterocycles. The molecule has 0 spiro atoms. The summed E-state index contributed by atoms with van der Waals surface area (Å²) in [6.45, 7) is 0. The third-order valence-electron chi connectivity index (χ3n) is 5.49. The standard InChI is InChI=1S/C23H19Br2N3O3/c1-29-20-6-5-13(8-21(20)30-2)18-11-19-16-9-15(24)10-17(25)22(16)31-23(28(19)27-18)14-4-3-7-26-12-14/h3-10,12,19,23H,11H2,1-2H3/t19-,23-/m1/s1. The minimum atomic E-state index is -0.374. The molecule has 0 N–H and O–H groups in total. The number of ether oxygens (including phenoxy) is 3. The summed E-state index contributed by atoms with van der Waals surface area (Å²) in [7, 11) is 3.27. The van der Waals surface area contributed by atoms with Crippen LogP contribution in [0.1, 0.15) is 35.4 Å². The number of rotatable bonds is 4. The zero-order chi connectivity index (χ0) is 21.5. The summed E-state index contributed by atoms with van der Waals surface area (Å²) in [4.78, 5) is 4.28. The van der Waals surface area contributed by atoms with E-state index in [1.807, 2.05) is 47.6 Å². The SMILES string of the molecule is COc1ccc(C2=NN3[C@H](C2)c2cc(Br)cc(Br)c2O[C@@H]3c2cccnc2)cc1OC. The summed E-state index contributed by atoms with van der Waals surface area (Å²) in [6, 6.07) is 13.9. The predicted molar refractivity (Wildman–Crippen MR) is 125 cm³/mol. The first kappa shape index (κ1) is 20.3. The van der Waals surface area contributed by atoms with Crippen molar-refractivity contribution in [2.45, 2.75) is 18.7 Å². The number of aromatic nitrogens is 1. The maximum atomic E-state index is 6.45. The lowest BCUT2D eigenvalue weighted by Crippen LogP contribution is -2.34. The topological polar surface area (TPSA) is 56.2 Å². The molecule has 5 rings (SSSR count). The lowest BCUT2D eigenvalue weighted by molar-refractivity contribution is -0.0199. The van der Waals surface area contributed by atoms with Crippen LogP contribution in [0.15, 0.2) is 68.9 Å². The molecule has 2 aromatic carbocycles. The highest BCUT2D eigenvalue weighted by atomic mass is 79.9. The summed E-state index contributed by atoms with van der Waals surface area (Å²) in [5.74, 6) is 2.21. The van der Waals surface area contributed by atoms with Crippen molar-refractivity contribution in [2.24, 2.45) is 5.10 Å². The van der Waals surface area contributed by atoms with Gasteiger partial charge in [-0.15, -0.1) is 0 Å². The number of hydrogen-bond donors (Lipinski definition) is 0. The van der Waals surface area contributed by atoms with E-state index in [4.69, 9.17) is 19.3 Å². The zero-order valence-corrected chi connectivity index (χ0v) is 20.1. The van der Waals surface area contributed by atoms with Crippen LogP contribution in [0.2, 0.25) is 0 Å². The Balaban J connectivity index is 1.61. The Morgan fingerprint density at radius 1 is 1.06 bits per heavy atom. The van der Waals surface area contributed by atoms with Gasteiger partial charge in [0.25, 0.3) is 0 Å². The van der Waals surface area contributed by atoms with Crippen molar-refractivity contribution in [3.05, 3.63) is 80.5 Å². The number of fused-ring (bicyclic) bond motifs is 3. The molecule has 0 fully saturated rings. The van der Waals surface area contributed by atoms with Crippen LogP contribution in [0.3, 0.4) is 0 Å². The minimum absolute atomic E-state index is 0.0332. The van der Waals surface area contributed by atoms with Crippen LogP contribution in [0, 0.1) is 0 Å². The van der Waals surface area contributed by atoms with E-state index in [2.05, 4.69) is 42.9 Å². The second-order valence-corrected chi connectivity index (χ2v) is 9.05. The molecule has 0 bridgehead atoms. The number of hydrazone groups is 1. The molecule has 2 aliphatic rings. The van der Waals surface area contributed by atoms with Crippen molar-refractivity contribution in [3.63, 3.8) is 0 Å². The van der Waals surface area contributed by atoms with Crippen LogP contribution in [-0.2, 0) is 0 Å². The largest absolute Gasteiger partial charge is 0.493 e. The van der Waals surface area contributed by atoms with Gasteiger partial charge in [0.2, 0.25) is 6.23 Å². The monoisotopic (exact) mass is 543 g/mol. The van der Waals surface area contributed by atoms with Crippen LogP contribution in [0.5, 0.6) is 17.2 Å². The van der Waals surface area contributed by atoms with Gasteiger partial charge in [0.1, 0.15) is 5.75 Å². The van der Waals surface area contributed by atoms with E-state index < -0.39 is 0 Å². The third kappa shape index (κ3) is 3.57. The van der Waals surface area contributed by atoms with Crippen molar-refractivity contribution in [1.29, 1.82) is 0 Å². The van der Waals surface area contributed by atoms with Crippen LogP contribution < -0.4 is 14.2 Å². The van der Waals surface area contributed by atoms with E-state index in [9.17, 15) is 0 Å². The fourth-order valence-electron chi connectivity index (χ4n) is 4.05. The molecule has 158 valence electrons. The number of nitrogens with zero attached hydrogens (tertiary/aromatic N) is 3. The fourth-order valence-corrected chi connectivity index (χ4v) is 5.40. The quantitative estimate of drug-likeness (QED) is 0.411. The van der Waals surface area contributed by atoms with Gasteiger partial charge >= 0.3 is 0 Å². The lowest BCUT2D eigenvalue weighted by atomic mass is 9.96. The van der Waals surface area contributed by atoms with Crippen molar-refractivity contribution in [2.75, 3.05) is 14.2 Å². The maximum absolute atomic E-state index is 6.45. The first-order valence-corrected chi connectivity index (χ1v) is 11.3. The molecule has 3 heterocycles. The Morgan fingerprint density at radius 2 is 1.90 bits per heavy atom. The number of methoxy groups -OCH3 is 2. The van der Waals surface area contributed by atoms with Crippen molar-refractivity contribution in [1.82, 2.24) is 9.99 Å². The van der Waals surface area contributed by atoms with E-state index in [1.54, 1.807) is 20.4 Å². The highest BCUT2D eigenvalue weighted by molar-refractivity contribution is 9.11. The van der Waals surface area contributed by atoms with Gasteiger partial charge in [0, 0.05) is 40.0 Å². The molecule has 1 aromatic heterocycles. The van der Waals surface area contributed by atoms with E-state index >= 15 is 0 Å². The van der Waals surface area contributed by atoms with E-state index in [0.29, 0.717) is 11.5 Å². The molecule has 0 amide bonds. The van der Waals surface area contributed by atoms with E-state index in [0.717, 1.165) is 43.5 Å². The first-order chi connectivity index (χ1) is 15.1. The summed E-state index contributed by atoms with van der Waals surface area (Å²) < 4.78 is 19.2. The highest BCUT2D eigenvalue weighted by Crippen LogP contribution is 2.51. The Morgan fingerprint density at radius 3 is 2.65 bits per heavy atom. The molecule has 8 heteroatoms. The Hall–Kier alpha value is -2.58.